The molecule has 0 aliphatic rings. The predicted octanol–water partition coefficient (Wildman–Crippen LogP) is 5.02. The molecule has 0 aliphatic carbocycles. The van der Waals surface area contributed by atoms with E-state index in [1.807, 2.05) is 78.9 Å². The van der Waals surface area contributed by atoms with Crippen LogP contribution < -0.4 is 4.74 Å². The Balaban J connectivity index is 1.43. The standard InChI is InChI=1S/C24H20N4O2/c1-17-11-13-19(14-12-17)29-16-22-25-20-9-5-6-10-21(20)28(22)15-23-26-27-24(30-23)18-7-3-2-4-8-18/h2-14H,15-16H2,1H3. The van der Waals surface area contributed by atoms with Gasteiger partial charge >= 0.3 is 0 Å². The van der Waals surface area contributed by atoms with Crippen LogP contribution in [-0.2, 0) is 13.2 Å². The predicted molar refractivity (Wildman–Crippen MR) is 114 cm³/mol. The zero-order valence-electron chi connectivity index (χ0n) is 16.5. The van der Waals surface area contributed by atoms with Crippen molar-refractivity contribution in [2.45, 2.75) is 20.1 Å². The number of para-hydroxylation sites is 2. The molecule has 5 rings (SSSR count). The van der Waals surface area contributed by atoms with Crippen LogP contribution in [0.5, 0.6) is 5.75 Å². The summed E-state index contributed by atoms with van der Waals surface area (Å²) in [6.07, 6.45) is 0. The van der Waals surface area contributed by atoms with Crippen LogP contribution in [0.2, 0.25) is 0 Å². The zero-order valence-corrected chi connectivity index (χ0v) is 16.5. The van der Waals surface area contributed by atoms with E-state index in [0.717, 1.165) is 28.2 Å². The normalized spacial score (nSPS) is 11.1. The minimum Gasteiger partial charge on any atom is -0.486 e. The molecule has 6 heteroatoms. The molecule has 0 saturated carbocycles. The van der Waals surface area contributed by atoms with Crippen LogP contribution in [0.1, 0.15) is 17.3 Å². The van der Waals surface area contributed by atoms with E-state index < -0.39 is 0 Å². The maximum absolute atomic E-state index is 5.98. The molecule has 5 aromatic rings. The highest BCUT2D eigenvalue weighted by Gasteiger charge is 2.15. The molecule has 0 fully saturated rings. The Bertz CT molecular complexity index is 1270. The molecule has 30 heavy (non-hydrogen) atoms. The smallest absolute Gasteiger partial charge is 0.247 e. The van der Waals surface area contributed by atoms with Crippen molar-refractivity contribution in [1.29, 1.82) is 0 Å². The van der Waals surface area contributed by atoms with E-state index in [4.69, 9.17) is 14.1 Å². The molecule has 0 saturated heterocycles. The van der Waals surface area contributed by atoms with Gasteiger partial charge < -0.3 is 13.7 Å². The van der Waals surface area contributed by atoms with Crippen molar-refractivity contribution in [3.63, 3.8) is 0 Å². The van der Waals surface area contributed by atoms with Crippen molar-refractivity contribution in [3.8, 4) is 17.2 Å². The van der Waals surface area contributed by atoms with Gasteiger partial charge in [0.15, 0.2) is 0 Å². The molecule has 0 aliphatic heterocycles. The number of ether oxygens (including phenoxy) is 1. The molecule has 0 bridgehead atoms. The molecule has 0 amide bonds. The number of hydrogen-bond acceptors (Lipinski definition) is 5. The van der Waals surface area contributed by atoms with Crippen LogP contribution in [0.15, 0.2) is 83.3 Å². The van der Waals surface area contributed by atoms with Gasteiger partial charge in [-0.3, -0.25) is 0 Å². The van der Waals surface area contributed by atoms with Gasteiger partial charge in [-0.2, -0.15) is 0 Å². The lowest BCUT2D eigenvalue weighted by molar-refractivity contribution is 0.290. The van der Waals surface area contributed by atoms with E-state index >= 15 is 0 Å². The third-order valence-electron chi connectivity index (χ3n) is 4.90. The van der Waals surface area contributed by atoms with Crippen LogP contribution in [0, 0.1) is 6.92 Å². The first-order valence-corrected chi connectivity index (χ1v) is 9.78. The minimum atomic E-state index is 0.345. The van der Waals surface area contributed by atoms with Crippen molar-refractivity contribution in [1.82, 2.24) is 19.7 Å². The molecule has 0 spiro atoms. The third-order valence-corrected chi connectivity index (χ3v) is 4.90. The molecule has 2 heterocycles. The summed E-state index contributed by atoms with van der Waals surface area (Å²) in [6, 6.07) is 25.7. The molecular weight excluding hydrogens is 376 g/mol. The van der Waals surface area contributed by atoms with Gasteiger partial charge in [-0.25, -0.2) is 4.98 Å². The van der Waals surface area contributed by atoms with Crippen molar-refractivity contribution >= 4 is 11.0 Å². The Kier molecular flexibility index (Phi) is 4.73. The third kappa shape index (κ3) is 3.67. The van der Waals surface area contributed by atoms with Gasteiger partial charge in [0.2, 0.25) is 11.8 Å². The van der Waals surface area contributed by atoms with Crippen molar-refractivity contribution < 1.29 is 9.15 Å². The van der Waals surface area contributed by atoms with E-state index in [1.165, 1.54) is 5.56 Å². The largest absolute Gasteiger partial charge is 0.486 e. The Morgan fingerprint density at radius 2 is 1.63 bits per heavy atom. The van der Waals surface area contributed by atoms with E-state index in [0.29, 0.717) is 24.9 Å². The van der Waals surface area contributed by atoms with Gasteiger partial charge in [-0.05, 0) is 43.3 Å². The number of imidazole rings is 1. The summed E-state index contributed by atoms with van der Waals surface area (Å²) in [5.41, 5.74) is 4.00. The fourth-order valence-electron chi connectivity index (χ4n) is 3.34. The molecule has 3 aromatic carbocycles. The van der Waals surface area contributed by atoms with Gasteiger partial charge in [0, 0.05) is 5.56 Å². The molecule has 6 nitrogen and oxygen atoms in total. The van der Waals surface area contributed by atoms with E-state index in [1.54, 1.807) is 0 Å². The first-order chi connectivity index (χ1) is 14.8. The molecule has 148 valence electrons. The van der Waals surface area contributed by atoms with Gasteiger partial charge in [0.05, 0.1) is 11.0 Å². The van der Waals surface area contributed by atoms with E-state index in [-0.39, 0.29) is 0 Å². The summed E-state index contributed by atoms with van der Waals surface area (Å²) in [4.78, 5) is 4.75. The average Bonchev–Trinajstić information content (AvgIpc) is 3.39. The average molecular weight is 396 g/mol. The lowest BCUT2D eigenvalue weighted by atomic mass is 10.2. The Labute approximate surface area is 173 Å². The number of fused-ring (bicyclic) bond motifs is 1. The van der Waals surface area contributed by atoms with E-state index in [2.05, 4.69) is 21.7 Å². The highest BCUT2D eigenvalue weighted by atomic mass is 16.5. The second-order valence-corrected chi connectivity index (χ2v) is 7.07. The number of aryl methyl sites for hydroxylation is 1. The fraction of sp³-hybridized carbons (Fsp3) is 0.125. The fourth-order valence-corrected chi connectivity index (χ4v) is 3.34. The van der Waals surface area contributed by atoms with Gasteiger partial charge in [0.1, 0.15) is 24.7 Å². The van der Waals surface area contributed by atoms with Crippen LogP contribution >= 0.6 is 0 Å². The summed E-state index contributed by atoms with van der Waals surface area (Å²) >= 11 is 0. The highest BCUT2D eigenvalue weighted by Crippen LogP contribution is 2.22. The zero-order chi connectivity index (χ0) is 20.3. The summed E-state index contributed by atoms with van der Waals surface area (Å²) in [5, 5.41) is 8.43. The molecule has 0 atom stereocenters. The number of rotatable bonds is 6. The second kappa shape index (κ2) is 7.83. The number of hydrogen-bond donors (Lipinski definition) is 0. The SMILES string of the molecule is Cc1ccc(OCc2nc3ccccc3n2Cc2nnc(-c3ccccc3)o2)cc1. The highest BCUT2D eigenvalue weighted by molar-refractivity contribution is 5.76. The van der Waals surface area contributed by atoms with Gasteiger partial charge in [-0.1, -0.05) is 48.0 Å². The van der Waals surface area contributed by atoms with Crippen molar-refractivity contribution in [2.75, 3.05) is 0 Å². The summed E-state index contributed by atoms with van der Waals surface area (Å²) in [6.45, 7) is 2.82. The van der Waals surface area contributed by atoms with Crippen LogP contribution in [0.4, 0.5) is 0 Å². The van der Waals surface area contributed by atoms with Crippen LogP contribution in [0.3, 0.4) is 0 Å². The summed E-state index contributed by atoms with van der Waals surface area (Å²) < 4.78 is 14.0. The van der Waals surface area contributed by atoms with Gasteiger partial charge in [0.25, 0.3) is 0 Å². The van der Waals surface area contributed by atoms with Gasteiger partial charge in [-0.15, -0.1) is 10.2 Å². The molecule has 0 radical (unpaired) electrons. The minimum absolute atomic E-state index is 0.345. The molecule has 0 unspecified atom stereocenters. The van der Waals surface area contributed by atoms with Crippen molar-refractivity contribution in [3.05, 3.63) is 96.1 Å². The maximum atomic E-state index is 5.98. The first-order valence-electron chi connectivity index (χ1n) is 9.78. The lowest BCUT2D eigenvalue weighted by Crippen LogP contribution is -2.08. The molecular formula is C24H20N4O2. The maximum Gasteiger partial charge on any atom is 0.247 e. The molecule has 2 aromatic heterocycles. The van der Waals surface area contributed by atoms with Crippen molar-refractivity contribution in [2.24, 2.45) is 0 Å². The molecule has 0 N–H and O–H groups in total. The Hall–Kier alpha value is -3.93. The number of aromatic nitrogens is 4. The van der Waals surface area contributed by atoms with Crippen LogP contribution in [0.25, 0.3) is 22.5 Å². The monoisotopic (exact) mass is 396 g/mol. The van der Waals surface area contributed by atoms with E-state index in [9.17, 15) is 0 Å². The van der Waals surface area contributed by atoms with Crippen LogP contribution in [-0.4, -0.2) is 19.7 Å². The Morgan fingerprint density at radius 1 is 0.867 bits per heavy atom. The Morgan fingerprint density at radius 3 is 2.47 bits per heavy atom. The first kappa shape index (κ1) is 18.1. The summed E-state index contributed by atoms with van der Waals surface area (Å²) in [7, 11) is 0. The topological polar surface area (TPSA) is 66.0 Å². The summed E-state index contributed by atoms with van der Waals surface area (Å²) in [5.74, 6) is 2.64. The second-order valence-electron chi connectivity index (χ2n) is 7.07. The number of benzene rings is 3. The lowest BCUT2D eigenvalue weighted by Gasteiger charge is -2.09. The number of nitrogens with zero attached hydrogens (tertiary/aromatic N) is 4. The quantitative estimate of drug-likeness (QED) is 0.403.